The van der Waals surface area contributed by atoms with Crippen LogP contribution >= 0.6 is 0 Å². The zero-order valence-electron chi connectivity index (χ0n) is 8.11. The molecule has 1 spiro atoms. The van der Waals surface area contributed by atoms with Gasteiger partial charge in [-0.05, 0) is 25.2 Å². The van der Waals surface area contributed by atoms with E-state index in [1.165, 1.54) is 24.8 Å². The molecule has 2 heteroatoms. The molecule has 0 aromatic carbocycles. The fourth-order valence-corrected chi connectivity index (χ4v) is 4.21. The average molecular weight is 190 g/mol. The minimum absolute atomic E-state index is 0.265. The van der Waals surface area contributed by atoms with Gasteiger partial charge in [-0.2, -0.15) is 0 Å². The molecule has 3 aliphatic carbocycles. The van der Waals surface area contributed by atoms with E-state index in [0.717, 1.165) is 5.92 Å². The lowest BCUT2D eigenvalue weighted by Gasteiger charge is -2.55. The van der Waals surface area contributed by atoms with Crippen LogP contribution in [-0.2, 0) is 9.47 Å². The maximum Gasteiger partial charge on any atom is 0.256 e. The zero-order valence-corrected chi connectivity index (χ0v) is 8.11. The molecule has 74 valence electrons. The van der Waals surface area contributed by atoms with Crippen molar-refractivity contribution in [2.75, 3.05) is 0 Å². The molecule has 0 aromatic heterocycles. The maximum atomic E-state index is 5.72. The zero-order chi connectivity index (χ0) is 9.34. The van der Waals surface area contributed by atoms with Gasteiger partial charge in [0.15, 0.2) is 0 Å². The van der Waals surface area contributed by atoms with Crippen molar-refractivity contribution in [3.8, 4) is 0 Å². The van der Waals surface area contributed by atoms with Gasteiger partial charge in [0.2, 0.25) is 0 Å². The Morgan fingerprint density at radius 1 is 1.21 bits per heavy atom. The lowest BCUT2D eigenvalue weighted by Crippen LogP contribution is -2.61. The van der Waals surface area contributed by atoms with E-state index in [-0.39, 0.29) is 5.79 Å². The highest BCUT2D eigenvalue weighted by Crippen LogP contribution is 2.69. The SMILES string of the molecule is C=C1[C@@H]2CC[C@H]3[C@@H]1[C@@H](C2)C31OC=CO1. The van der Waals surface area contributed by atoms with Gasteiger partial charge in [0.25, 0.3) is 5.79 Å². The largest absolute Gasteiger partial charge is 0.456 e. The summed E-state index contributed by atoms with van der Waals surface area (Å²) in [6, 6.07) is 0. The third kappa shape index (κ3) is 0.554. The molecule has 2 bridgehead atoms. The Morgan fingerprint density at radius 3 is 2.79 bits per heavy atom. The van der Waals surface area contributed by atoms with E-state index >= 15 is 0 Å². The van der Waals surface area contributed by atoms with E-state index in [4.69, 9.17) is 9.47 Å². The van der Waals surface area contributed by atoms with Crippen LogP contribution in [0.3, 0.4) is 0 Å². The first-order chi connectivity index (χ1) is 6.83. The minimum atomic E-state index is -0.265. The van der Waals surface area contributed by atoms with Crippen molar-refractivity contribution < 1.29 is 9.47 Å². The summed E-state index contributed by atoms with van der Waals surface area (Å²) in [7, 11) is 0. The van der Waals surface area contributed by atoms with E-state index in [1.54, 1.807) is 12.5 Å². The molecule has 14 heavy (non-hydrogen) atoms. The Bertz CT molecular complexity index is 328. The average Bonchev–Trinajstić information content (AvgIpc) is 2.65. The molecule has 1 heterocycles. The van der Waals surface area contributed by atoms with Crippen molar-refractivity contribution in [1.82, 2.24) is 0 Å². The number of allylic oxidation sites excluding steroid dienone is 1. The second kappa shape index (κ2) is 2.02. The summed E-state index contributed by atoms with van der Waals surface area (Å²) in [6.45, 7) is 4.24. The fraction of sp³-hybridized carbons (Fsp3) is 0.667. The fourth-order valence-electron chi connectivity index (χ4n) is 4.21. The van der Waals surface area contributed by atoms with E-state index in [2.05, 4.69) is 6.58 Å². The van der Waals surface area contributed by atoms with Crippen LogP contribution in [0.2, 0.25) is 0 Å². The number of fused-ring (bicyclic) bond motifs is 3. The van der Waals surface area contributed by atoms with Crippen molar-refractivity contribution in [1.29, 1.82) is 0 Å². The van der Waals surface area contributed by atoms with Gasteiger partial charge in [-0.25, -0.2) is 0 Å². The van der Waals surface area contributed by atoms with Crippen molar-refractivity contribution in [3.05, 3.63) is 24.7 Å². The monoisotopic (exact) mass is 190 g/mol. The molecule has 0 unspecified atom stereocenters. The van der Waals surface area contributed by atoms with E-state index in [9.17, 15) is 0 Å². The summed E-state index contributed by atoms with van der Waals surface area (Å²) in [5.41, 5.74) is 1.48. The first kappa shape index (κ1) is 7.38. The molecular weight excluding hydrogens is 176 g/mol. The summed E-state index contributed by atoms with van der Waals surface area (Å²) in [5, 5.41) is 0. The highest BCUT2D eigenvalue weighted by molar-refractivity contribution is 5.29. The Balaban J connectivity index is 1.78. The first-order valence-corrected chi connectivity index (χ1v) is 5.52. The van der Waals surface area contributed by atoms with Gasteiger partial charge in [-0.1, -0.05) is 12.2 Å². The first-order valence-electron chi connectivity index (χ1n) is 5.52. The molecule has 0 saturated heterocycles. The van der Waals surface area contributed by atoms with E-state index < -0.39 is 0 Å². The summed E-state index contributed by atoms with van der Waals surface area (Å²) < 4.78 is 11.4. The molecule has 3 fully saturated rings. The predicted octanol–water partition coefficient (Wildman–Crippen LogP) is 2.43. The Hall–Kier alpha value is -0.920. The lowest BCUT2D eigenvalue weighted by molar-refractivity contribution is -0.296. The Morgan fingerprint density at radius 2 is 2.00 bits per heavy atom. The van der Waals surface area contributed by atoms with Crippen molar-refractivity contribution in [2.24, 2.45) is 23.7 Å². The molecule has 4 aliphatic rings. The van der Waals surface area contributed by atoms with Gasteiger partial charge in [0.05, 0.1) is 0 Å². The summed E-state index contributed by atoms with van der Waals surface area (Å²) >= 11 is 0. The van der Waals surface area contributed by atoms with Gasteiger partial charge in [-0.15, -0.1) is 0 Å². The third-order valence-electron chi connectivity index (χ3n) is 4.78. The molecule has 0 amide bonds. The van der Waals surface area contributed by atoms with Crippen LogP contribution in [0, 0.1) is 23.7 Å². The molecule has 1 aliphatic heterocycles. The molecular formula is C12H14O2. The number of rotatable bonds is 0. The van der Waals surface area contributed by atoms with Gasteiger partial charge < -0.3 is 9.47 Å². The summed E-state index contributed by atoms with van der Waals surface area (Å²) in [4.78, 5) is 0. The van der Waals surface area contributed by atoms with Crippen molar-refractivity contribution in [2.45, 2.75) is 25.0 Å². The molecule has 0 N–H and O–H groups in total. The summed E-state index contributed by atoms with van der Waals surface area (Å²) in [6.07, 6.45) is 7.22. The number of hydrogen-bond donors (Lipinski definition) is 0. The van der Waals surface area contributed by atoms with Gasteiger partial charge in [0, 0.05) is 17.8 Å². The van der Waals surface area contributed by atoms with Crippen LogP contribution in [0.15, 0.2) is 24.7 Å². The molecule has 3 saturated carbocycles. The standard InChI is InChI=1S/C12H14O2/c1-7-8-2-3-9-11(7)10(6-8)12(9)13-4-5-14-12/h4-5,8-11H,1-3,6H2/t8-,9+,10-,11-/m1/s1. The maximum absolute atomic E-state index is 5.72. The second-order valence-corrected chi connectivity index (χ2v) is 5.05. The summed E-state index contributed by atoms with van der Waals surface area (Å²) in [5.74, 6) is 2.36. The predicted molar refractivity (Wildman–Crippen MR) is 51.0 cm³/mol. The normalized spacial score (nSPS) is 50.1. The number of ether oxygens (including phenoxy) is 2. The number of hydrogen-bond acceptors (Lipinski definition) is 2. The van der Waals surface area contributed by atoms with Crippen LogP contribution in [0.4, 0.5) is 0 Å². The molecule has 0 aromatic rings. The lowest BCUT2D eigenvalue weighted by atomic mass is 9.57. The van der Waals surface area contributed by atoms with Gasteiger partial charge in [0.1, 0.15) is 12.5 Å². The van der Waals surface area contributed by atoms with Crippen molar-refractivity contribution >= 4 is 0 Å². The van der Waals surface area contributed by atoms with Crippen LogP contribution in [0.25, 0.3) is 0 Å². The molecule has 4 atom stereocenters. The van der Waals surface area contributed by atoms with E-state index in [1.807, 2.05) is 0 Å². The Labute approximate surface area is 83.6 Å². The van der Waals surface area contributed by atoms with Crippen molar-refractivity contribution in [3.63, 3.8) is 0 Å². The quantitative estimate of drug-likeness (QED) is 0.546. The van der Waals surface area contributed by atoms with Crippen LogP contribution in [0.1, 0.15) is 19.3 Å². The second-order valence-electron chi connectivity index (χ2n) is 5.05. The third-order valence-corrected chi connectivity index (χ3v) is 4.78. The van der Waals surface area contributed by atoms with Crippen LogP contribution in [-0.4, -0.2) is 5.79 Å². The van der Waals surface area contributed by atoms with Gasteiger partial charge >= 0.3 is 0 Å². The van der Waals surface area contributed by atoms with Gasteiger partial charge in [-0.3, -0.25) is 0 Å². The smallest absolute Gasteiger partial charge is 0.256 e. The Kier molecular flexibility index (Phi) is 1.07. The highest BCUT2D eigenvalue weighted by Gasteiger charge is 2.72. The minimum Gasteiger partial charge on any atom is -0.456 e. The van der Waals surface area contributed by atoms with Crippen LogP contribution in [0.5, 0.6) is 0 Å². The topological polar surface area (TPSA) is 18.5 Å². The molecule has 4 rings (SSSR count). The van der Waals surface area contributed by atoms with E-state index in [0.29, 0.717) is 17.8 Å². The molecule has 2 nitrogen and oxygen atoms in total. The molecule has 0 radical (unpaired) electrons. The highest BCUT2D eigenvalue weighted by atomic mass is 16.7. The van der Waals surface area contributed by atoms with Crippen LogP contribution < -0.4 is 0 Å².